The van der Waals surface area contributed by atoms with Crippen LogP contribution in [0.5, 0.6) is 0 Å². The Bertz CT molecular complexity index is 258. The lowest BCUT2D eigenvalue weighted by Gasteiger charge is -2.04. The highest BCUT2D eigenvalue weighted by atomic mass is 16.2. The fourth-order valence-electron chi connectivity index (χ4n) is 0.488. The van der Waals surface area contributed by atoms with E-state index < -0.39 is 5.41 Å². The van der Waals surface area contributed by atoms with Gasteiger partial charge in [-0.25, -0.2) is 0 Å². The minimum atomic E-state index is -1.01. The van der Waals surface area contributed by atoms with Gasteiger partial charge < -0.3 is 5.11 Å². The van der Waals surface area contributed by atoms with Gasteiger partial charge in [-0.05, 0) is 6.92 Å². The van der Waals surface area contributed by atoms with E-state index in [1.807, 2.05) is 12.1 Å². The maximum atomic E-state index is 8.55. The Kier molecular flexibility index (Phi) is 4.54. The van der Waals surface area contributed by atoms with Crippen LogP contribution in [0, 0.1) is 39.9 Å². The van der Waals surface area contributed by atoms with Crippen molar-refractivity contribution in [3.63, 3.8) is 0 Å². The van der Waals surface area contributed by atoms with E-state index in [9.17, 15) is 0 Å². The van der Waals surface area contributed by atoms with Crippen molar-refractivity contribution in [3.05, 3.63) is 0 Å². The second kappa shape index (κ2) is 5.19. The summed E-state index contributed by atoms with van der Waals surface area (Å²) in [5, 5.41) is 25.5. The molecule has 0 fully saturated rings. The molecular formula is C9H10N2O. The number of nitrogens with zero attached hydrogens (tertiary/aromatic N) is 2. The molecule has 0 radical (unpaired) electrons. The van der Waals surface area contributed by atoms with Crippen LogP contribution in [-0.2, 0) is 0 Å². The van der Waals surface area contributed by atoms with Crippen molar-refractivity contribution in [2.24, 2.45) is 5.41 Å². The normalized spacial score (nSPS) is 9.00. The average Bonchev–Trinajstić information content (AvgIpc) is 2.12. The molecule has 0 aromatic carbocycles. The van der Waals surface area contributed by atoms with Crippen LogP contribution in [0.1, 0.15) is 19.8 Å². The molecule has 0 unspecified atom stereocenters. The van der Waals surface area contributed by atoms with Crippen LogP contribution < -0.4 is 0 Å². The molecule has 0 rings (SSSR count). The molecule has 3 heteroatoms. The molecule has 0 spiro atoms. The zero-order valence-electron chi connectivity index (χ0n) is 6.96. The van der Waals surface area contributed by atoms with E-state index in [2.05, 4.69) is 11.8 Å². The van der Waals surface area contributed by atoms with Crippen LogP contribution in [0.4, 0.5) is 0 Å². The molecule has 12 heavy (non-hydrogen) atoms. The molecule has 0 aromatic heterocycles. The lowest BCUT2D eigenvalue weighted by Crippen LogP contribution is -2.08. The summed E-state index contributed by atoms with van der Waals surface area (Å²) >= 11 is 0. The molecule has 0 heterocycles. The van der Waals surface area contributed by atoms with Crippen molar-refractivity contribution in [1.29, 1.82) is 10.5 Å². The van der Waals surface area contributed by atoms with Crippen molar-refractivity contribution in [1.82, 2.24) is 0 Å². The second-order valence-corrected chi connectivity index (χ2v) is 2.56. The minimum Gasteiger partial charge on any atom is -0.395 e. The highest BCUT2D eigenvalue weighted by Crippen LogP contribution is 2.16. The number of rotatable bonds is 2. The molecule has 3 nitrogen and oxygen atoms in total. The third kappa shape index (κ3) is 3.62. The van der Waals surface area contributed by atoms with Gasteiger partial charge in [0, 0.05) is 12.8 Å². The number of nitriles is 2. The number of aliphatic hydroxyl groups is 1. The van der Waals surface area contributed by atoms with Gasteiger partial charge in [-0.1, -0.05) is 0 Å². The van der Waals surface area contributed by atoms with Gasteiger partial charge in [-0.3, -0.25) is 0 Å². The Morgan fingerprint density at radius 2 is 1.83 bits per heavy atom. The van der Waals surface area contributed by atoms with E-state index in [1.165, 1.54) is 0 Å². The summed E-state index contributed by atoms with van der Waals surface area (Å²) in [6.45, 7) is 1.56. The van der Waals surface area contributed by atoms with E-state index in [0.717, 1.165) is 0 Å². The van der Waals surface area contributed by atoms with Gasteiger partial charge in [0.15, 0.2) is 5.41 Å². The first-order valence-electron chi connectivity index (χ1n) is 3.57. The van der Waals surface area contributed by atoms with Crippen molar-refractivity contribution >= 4 is 0 Å². The SMILES string of the molecule is CC(C#N)(C#N)CC#CCCO. The summed E-state index contributed by atoms with van der Waals surface area (Å²) in [6, 6.07) is 3.76. The van der Waals surface area contributed by atoms with Crippen molar-refractivity contribution in [3.8, 4) is 24.0 Å². The van der Waals surface area contributed by atoms with Gasteiger partial charge in [-0.2, -0.15) is 10.5 Å². The summed E-state index contributed by atoms with van der Waals surface area (Å²) < 4.78 is 0. The fraction of sp³-hybridized carbons (Fsp3) is 0.556. The third-order valence-electron chi connectivity index (χ3n) is 1.30. The smallest absolute Gasteiger partial charge is 0.151 e. The molecule has 0 atom stereocenters. The Balaban J connectivity index is 4.04. The molecule has 0 saturated carbocycles. The van der Waals surface area contributed by atoms with Gasteiger partial charge in [0.2, 0.25) is 0 Å². The molecule has 0 aliphatic heterocycles. The Morgan fingerprint density at radius 1 is 1.25 bits per heavy atom. The van der Waals surface area contributed by atoms with Crippen LogP contribution in [0.25, 0.3) is 0 Å². The van der Waals surface area contributed by atoms with E-state index in [-0.39, 0.29) is 13.0 Å². The van der Waals surface area contributed by atoms with E-state index in [0.29, 0.717) is 6.42 Å². The Labute approximate surface area is 72.2 Å². The third-order valence-corrected chi connectivity index (χ3v) is 1.30. The van der Waals surface area contributed by atoms with E-state index >= 15 is 0 Å². The highest BCUT2D eigenvalue weighted by Gasteiger charge is 2.21. The first-order valence-corrected chi connectivity index (χ1v) is 3.57. The molecule has 0 aliphatic rings. The van der Waals surface area contributed by atoms with E-state index in [4.69, 9.17) is 15.6 Å². The van der Waals surface area contributed by atoms with Gasteiger partial charge >= 0.3 is 0 Å². The van der Waals surface area contributed by atoms with Gasteiger partial charge in [-0.15, -0.1) is 11.8 Å². The molecule has 62 valence electrons. The molecule has 0 aliphatic carbocycles. The zero-order chi connectivity index (χ0) is 9.45. The predicted molar refractivity (Wildman–Crippen MR) is 43.4 cm³/mol. The number of hydrogen-bond acceptors (Lipinski definition) is 3. The second-order valence-electron chi connectivity index (χ2n) is 2.56. The average molecular weight is 162 g/mol. The summed E-state index contributed by atoms with van der Waals surface area (Å²) in [6.07, 6.45) is 0.632. The largest absolute Gasteiger partial charge is 0.395 e. The number of hydrogen-bond donors (Lipinski definition) is 1. The minimum absolute atomic E-state index is 0.0167. The molecule has 0 bridgehead atoms. The van der Waals surface area contributed by atoms with Gasteiger partial charge in [0.25, 0.3) is 0 Å². The lowest BCUT2D eigenvalue weighted by atomic mass is 9.91. The molecular weight excluding hydrogens is 152 g/mol. The van der Waals surface area contributed by atoms with Crippen LogP contribution in [-0.4, -0.2) is 11.7 Å². The van der Waals surface area contributed by atoms with Crippen LogP contribution >= 0.6 is 0 Å². The molecule has 0 aromatic rings. The monoisotopic (exact) mass is 162 g/mol. The van der Waals surface area contributed by atoms with Crippen molar-refractivity contribution in [2.45, 2.75) is 19.8 Å². The fourth-order valence-corrected chi connectivity index (χ4v) is 0.488. The van der Waals surface area contributed by atoms with Crippen molar-refractivity contribution < 1.29 is 5.11 Å². The Morgan fingerprint density at radius 3 is 2.25 bits per heavy atom. The molecule has 1 N–H and O–H groups in total. The van der Waals surface area contributed by atoms with Gasteiger partial charge in [0.1, 0.15) is 0 Å². The zero-order valence-corrected chi connectivity index (χ0v) is 6.96. The topological polar surface area (TPSA) is 67.8 Å². The maximum Gasteiger partial charge on any atom is 0.151 e. The predicted octanol–water partition coefficient (Wildman–Crippen LogP) is 0.816. The Hall–Kier alpha value is -1.50. The van der Waals surface area contributed by atoms with Crippen LogP contribution in [0.15, 0.2) is 0 Å². The standard InChI is InChI=1S/C9H10N2O/c1-9(7-10,8-11)5-3-2-4-6-12/h12H,4-6H2,1H3. The van der Waals surface area contributed by atoms with E-state index in [1.54, 1.807) is 6.92 Å². The molecule has 0 amide bonds. The number of aliphatic hydroxyl groups excluding tert-OH is 1. The van der Waals surface area contributed by atoms with Crippen LogP contribution in [0.3, 0.4) is 0 Å². The summed E-state index contributed by atoms with van der Waals surface area (Å²) in [7, 11) is 0. The van der Waals surface area contributed by atoms with Crippen LogP contribution in [0.2, 0.25) is 0 Å². The van der Waals surface area contributed by atoms with Gasteiger partial charge in [0.05, 0.1) is 18.7 Å². The van der Waals surface area contributed by atoms with Crippen molar-refractivity contribution in [2.75, 3.05) is 6.61 Å². The first-order chi connectivity index (χ1) is 5.68. The lowest BCUT2D eigenvalue weighted by molar-refractivity contribution is 0.305. The summed E-state index contributed by atoms with van der Waals surface area (Å²) in [5.41, 5.74) is -1.01. The molecule has 0 saturated heterocycles. The highest BCUT2D eigenvalue weighted by molar-refractivity contribution is 5.17. The summed E-state index contributed by atoms with van der Waals surface area (Å²) in [4.78, 5) is 0. The quantitative estimate of drug-likeness (QED) is 0.611. The first kappa shape index (κ1) is 10.5. The summed E-state index contributed by atoms with van der Waals surface area (Å²) in [5.74, 6) is 5.33. The maximum absolute atomic E-state index is 8.55.